The Balaban J connectivity index is 1.78. The molecule has 1 amide bonds. The molecule has 5 heteroatoms. The van der Waals surface area contributed by atoms with Crippen molar-refractivity contribution in [3.63, 3.8) is 0 Å². The van der Waals surface area contributed by atoms with Crippen LogP contribution in [0.1, 0.15) is 25.3 Å². The molecule has 0 radical (unpaired) electrons. The lowest BCUT2D eigenvalue weighted by molar-refractivity contribution is -0.120. The van der Waals surface area contributed by atoms with Crippen molar-refractivity contribution < 1.29 is 13.9 Å². The molecule has 2 rings (SSSR count). The quantitative estimate of drug-likeness (QED) is 0.788. The molecule has 4 nitrogen and oxygen atoms in total. The van der Waals surface area contributed by atoms with E-state index in [1.807, 2.05) is 0 Å². The average Bonchev–Trinajstić information content (AvgIpc) is 3.21. The molecule has 1 aliphatic rings. The Morgan fingerprint density at radius 1 is 1.47 bits per heavy atom. The summed E-state index contributed by atoms with van der Waals surface area (Å²) >= 11 is 0. The molecule has 1 aliphatic carbocycles. The van der Waals surface area contributed by atoms with Gasteiger partial charge in [-0.15, -0.1) is 0 Å². The molecule has 0 saturated heterocycles. The highest BCUT2D eigenvalue weighted by molar-refractivity contribution is 5.78. The number of amides is 1. The Morgan fingerprint density at radius 2 is 2.26 bits per heavy atom. The number of halogens is 1. The second kappa shape index (κ2) is 6.52. The van der Waals surface area contributed by atoms with Gasteiger partial charge >= 0.3 is 0 Å². The van der Waals surface area contributed by atoms with Crippen LogP contribution in [0.2, 0.25) is 0 Å². The van der Waals surface area contributed by atoms with Gasteiger partial charge in [0.1, 0.15) is 0 Å². The van der Waals surface area contributed by atoms with Gasteiger partial charge in [-0.3, -0.25) is 4.79 Å². The molecular formula is C14H19FN2O2. The van der Waals surface area contributed by atoms with Crippen molar-refractivity contribution in [2.24, 2.45) is 0 Å². The molecular weight excluding hydrogens is 247 g/mol. The molecule has 0 bridgehead atoms. The number of carbonyl (C=O) groups is 1. The van der Waals surface area contributed by atoms with E-state index in [9.17, 15) is 9.18 Å². The first kappa shape index (κ1) is 13.8. The van der Waals surface area contributed by atoms with Crippen LogP contribution in [-0.4, -0.2) is 25.1 Å². The smallest absolute Gasteiger partial charge is 0.234 e. The largest absolute Gasteiger partial charge is 0.491 e. The van der Waals surface area contributed by atoms with E-state index in [-0.39, 0.29) is 11.7 Å². The number of carbonyl (C=O) groups excluding carboxylic acids is 1. The van der Waals surface area contributed by atoms with Gasteiger partial charge in [0, 0.05) is 12.6 Å². The van der Waals surface area contributed by atoms with Gasteiger partial charge in [-0.25, -0.2) is 4.39 Å². The highest BCUT2D eigenvalue weighted by Crippen LogP contribution is 2.18. The van der Waals surface area contributed by atoms with Gasteiger partial charge in [-0.1, -0.05) is 6.07 Å². The predicted octanol–water partition coefficient (Wildman–Crippen LogP) is 1.59. The van der Waals surface area contributed by atoms with E-state index in [0.717, 1.165) is 18.4 Å². The minimum atomic E-state index is -0.398. The fourth-order valence-corrected chi connectivity index (χ4v) is 1.71. The monoisotopic (exact) mass is 266 g/mol. The summed E-state index contributed by atoms with van der Waals surface area (Å²) < 4.78 is 18.7. The summed E-state index contributed by atoms with van der Waals surface area (Å²) in [5.74, 6) is -0.223. The van der Waals surface area contributed by atoms with E-state index in [1.54, 1.807) is 19.1 Å². The number of ether oxygens (including phenoxy) is 1. The second-order valence-corrected chi connectivity index (χ2v) is 4.63. The maximum Gasteiger partial charge on any atom is 0.234 e. The predicted molar refractivity (Wildman–Crippen MR) is 70.4 cm³/mol. The van der Waals surface area contributed by atoms with Crippen molar-refractivity contribution in [2.75, 3.05) is 13.2 Å². The third-order valence-electron chi connectivity index (χ3n) is 2.91. The maximum atomic E-state index is 13.6. The molecule has 1 fully saturated rings. The van der Waals surface area contributed by atoms with Gasteiger partial charge in [-0.05, 0) is 37.5 Å². The van der Waals surface area contributed by atoms with Crippen LogP contribution in [0, 0.1) is 5.82 Å². The third kappa shape index (κ3) is 4.52. The van der Waals surface area contributed by atoms with E-state index < -0.39 is 5.82 Å². The average molecular weight is 266 g/mol. The Bertz CT molecular complexity index is 447. The summed E-state index contributed by atoms with van der Waals surface area (Å²) in [6, 6.07) is 5.24. The van der Waals surface area contributed by atoms with Crippen molar-refractivity contribution in [1.82, 2.24) is 10.6 Å². The zero-order valence-corrected chi connectivity index (χ0v) is 11.0. The van der Waals surface area contributed by atoms with Crippen LogP contribution >= 0.6 is 0 Å². The number of hydrogen-bond donors (Lipinski definition) is 2. The molecule has 0 atom stereocenters. The fraction of sp³-hybridized carbons (Fsp3) is 0.500. The summed E-state index contributed by atoms with van der Waals surface area (Å²) in [7, 11) is 0. The molecule has 0 aliphatic heterocycles. The van der Waals surface area contributed by atoms with E-state index in [4.69, 9.17) is 4.74 Å². The number of hydrogen-bond acceptors (Lipinski definition) is 3. The van der Waals surface area contributed by atoms with Crippen molar-refractivity contribution in [3.8, 4) is 5.75 Å². The summed E-state index contributed by atoms with van der Waals surface area (Å²) in [4.78, 5) is 11.5. The maximum absolute atomic E-state index is 13.6. The van der Waals surface area contributed by atoms with Crippen molar-refractivity contribution in [1.29, 1.82) is 0 Å². The van der Waals surface area contributed by atoms with E-state index in [2.05, 4.69) is 10.6 Å². The van der Waals surface area contributed by atoms with Crippen molar-refractivity contribution in [3.05, 3.63) is 29.6 Å². The molecule has 2 N–H and O–H groups in total. The topological polar surface area (TPSA) is 50.4 Å². The highest BCUT2D eigenvalue weighted by Gasteiger charge is 2.20. The minimum Gasteiger partial charge on any atom is -0.491 e. The Hall–Kier alpha value is -1.62. The van der Waals surface area contributed by atoms with E-state index in [1.165, 1.54) is 6.07 Å². The lowest BCUT2D eigenvalue weighted by Crippen LogP contribution is -2.34. The van der Waals surface area contributed by atoms with Gasteiger partial charge in [-0.2, -0.15) is 0 Å². The number of nitrogens with one attached hydrogen (secondary N) is 2. The van der Waals surface area contributed by atoms with Gasteiger partial charge in [0.2, 0.25) is 5.91 Å². The summed E-state index contributed by atoms with van der Waals surface area (Å²) in [6.45, 7) is 2.89. The summed E-state index contributed by atoms with van der Waals surface area (Å²) in [5, 5.41) is 5.88. The van der Waals surface area contributed by atoms with Crippen LogP contribution in [-0.2, 0) is 11.3 Å². The van der Waals surface area contributed by atoms with Gasteiger partial charge < -0.3 is 15.4 Å². The minimum absolute atomic E-state index is 0.0683. The molecule has 0 aromatic heterocycles. The van der Waals surface area contributed by atoms with Gasteiger partial charge in [0.15, 0.2) is 11.6 Å². The fourth-order valence-electron chi connectivity index (χ4n) is 1.71. The zero-order valence-electron chi connectivity index (χ0n) is 11.0. The van der Waals surface area contributed by atoms with Crippen LogP contribution in [0.15, 0.2) is 18.2 Å². The highest BCUT2D eigenvalue weighted by atomic mass is 19.1. The molecule has 104 valence electrons. The number of benzene rings is 1. The molecule has 0 spiro atoms. The summed E-state index contributed by atoms with van der Waals surface area (Å²) in [5.41, 5.74) is 0.723. The van der Waals surface area contributed by atoms with Crippen LogP contribution in [0.5, 0.6) is 5.75 Å². The molecule has 1 aromatic rings. The van der Waals surface area contributed by atoms with E-state index in [0.29, 0.717) is 25.7 Å². The van der Waals surface area contributed by atoms with Gasteiger partial charge in [0.05, 0.1) is 13.2 Å². The van der Waals surface area contributed by atoms with Crippen LogP contribution < -0.4 is 15.4 Å². The summed E-state index contributed by atoms with van der Waals surface area (Å²) in [6.07, 6.45) is 2.30. The molecule has 19 heavy (non-hydrogen) atoms. The lowest BCUT2D eigenvalue weighted by atomic mass is 10.2. The molecule has 1 saturated carbocycles. The standard InChI is InChI=1S/C14H19FN2O2/c1-2-19-13-6-3-10(7-12(13)15)8-17-14(18)9-16-11-4-5-11/h3,6-7,11,16H,2,4-5,8-9H2,1H3,(H,17,18). The first-order chi connectivity index (χ1) is 9.19. The number of rotatable bonds is 7. The molecule has 0 heterocycles. The first-order valence-corrected chi connectivity index (χ1v) is 6.60. The van der Waals surface area contributed by atoms with Crippen LogP contribution in [0.4, 0.5) is 4.39 Å². The van der Waals surface area contributed by atoms with Gasteiger partial charge in [0.25, 0.3) is 0 Å². The normalized spacial score (nSPS) is 14.2. The van der Waals surface area contributed by atoms with Crippen LogP contribution in [0.25, 0.3) is 0 Å². The van der Waals surface area contributed by atoms with Crippen LogP contribution in [0.3, 0.4) is 0 Å². The first-order valence-electron chi connectivity index (χ1n) is 6.60. The SMILES string of the molecule is CCOc1ccc(CNC(=O)CNC2CC2)cc1F. The Morgan fingerprint density at radius 3 is 2.89 bits per heavy atom. The zero-order chi connectivity index (χ0) is 13.7. The third-order valence-corrected chi connectivity index (χ3v) is 2.91. The van der Waals surface area contributed by atoms with Crippen molar-refractivity contribution in [2.45, 2.75) is 32.4 Å². The molecule has 1 aromatic carbocycles. The lowest BCUT2D eigenvalue weighted by Gasteiger charge is -2.08. The Labute approximate surface area is 112 Å². The second-order valence-electron chi connectivity index (χ2n) is 4.63. The Kier molecular flexibility index (Phi) is 4.74. The van der Waals surface area contributed by atoms with Crippen molar-refractivity contribution >= 4 is 5.91 Å². The van der Waals surface area contributed by atoms with E-state index >= 15 is 0 Å². The molecule has 0 unspecified atom stereocenters.